The van der Waals surface area contributed by atoms with Crippen molar-refractivity contribution in [3.8, 4) is 0 Å². The van der Waals surface area contributed by atoms with Gasteiger partial charge in [-0.05, 0) is 37.0 Å². The molecule has 0 heterocycles. The molecule has 1 aromatic carbocycles. The van der Waals surface area contributed by atoms with Crippen molar-refractivity contribution in [3.05, 3.63) is 29.3 Å². The monoisotopic (exact) mass is 310 g/mol. The molecule has 0 bridgehead atoms. The third kappa shape index (κ3) is 3.47. The van der Waals surface area contributed by atoms with Crippen molar-refractivity contribution < 1.29 is 14.7 Å². The topological polar surface area (TPSA) is 78.4 Å². The molecular weight excluding hydrogens is 292 g/mol. The Balaban J connectivity index is 2.10. The first-order chi connectivity index (χ1) is 9.94. The molecular formula is C15H19ClN2O3. The molecule has 1 saturated carbocycles. The first-order valence-electron chi connectivity index (χ1n) is 7.02. The van der Waals surface area contributed by atoms with E-state index >= 15 is 0 Å². The second-order valence-electron chi connectivity index (χ2n) is 5.51. The maximum Gasteiger partial charge on any atom is 0.329 e. The normalized spacial score (nSPS) is 25.1. The number of benzene rings is 1. The minimum Gasteiger partial charge on any atom is -0.479 e. The van der Waals surface area contributed by atoms with Crippen molar-refractivity contribution in [2.75, 3.05) is 5.32 Å². The quantitative estimate of drug-likeness (QED) is 0.799. The molecule has 0 aliphatic heterocycles. The highest BCUT2D eigenvalue weighted by Crippen LogP contribution is 2.34. The van der Waals surface area contributed by atoms with Crippen LogP contribution in [0.2, 0.25) is 5.02 Å². The largest absolute Gasteiger partial charge is 0.479 e. The predicted octanol–water partition coefficient (Wildman–Crippen LogP) is 3.50. The maximum atomic E-state index is 12.1. The molecule has 0 spiro atoms. The van der Waals surface area contributed by atoms with Gasteiger partial charge in [0.05, 0.1) is 0 Å². The summed E-state index contributed by atoms with van der Waals surface area (Å²) in [7, 11) is 0. The molecule has 2 atom stereocenters. The molecule has 1 aromatic rings. The number of carbonyl (C=O) groups excluding carboxylic acids is 1. The smallest absolute Gasteiger partial charge is 0.329 e. The Labute approximate surface area is 128 Å². The van der Waals surface area contributed by atoms with Crippen molar-refractivity contribution in [3.63, 3.8) is 0 Å². The zero-order valence-electron chi connectivity index (χ0n) is 11.9. The molecule has 6 heteroatoms. The van der Waals surface area contributed by atoms with E-state index in [1.165, 1.54) is 0 Å². The Morgan fingerprint density at radius 1 is 1.38 bits per heavy atom. The Hall–Kier alpha value is -1.75. The van der Waals surface area contributed by atoms with E-state index in [0.29, 0.717) is 17.1 Å². The molecule has 0 radical (unpaired) electrons. The van der Waals surface area contributed by atoms with Crippen LogP contribution in [0, 0.1) is 5.92 Å². The van der Waals surface area contributed by atoms with Gasteiger partial charge in [-0.1, -0.05) is 37.4 Å². The zero-order chi connectivity index (χ0) is 15.5. The van der Waals surface area contributed by atoms with Gasteiger partial charge < -0.3 is 15.7 Å². The highest BCUT2D eigenvalue weighted by atomic mass is 35.5. The van der Waals surface area contributed by atoms with Gasteiger partial charge in [0.25, 0.3) is 0 Å². The van der Waals surface area contributed by atoms with Crippen LogP contribution < -0.4 is 10.6 Å². The minimum absolute atomic E-state index is 0.103. The van der Waals surface area contributed by atoms with Gasteiger partial charge in [-0.2, -0.15) is 0 Å². The van der Waals surface area contributed by atoms with Crippen molar-refractivity contribution in [2.24, 2.45) is 5.92 Å². The lowest BCUT2D eigenvalue weighted by atomic mass is 9.73. The van der Waals surface area contributed by atoms with Crippen molar-refractivity contribution in [1.29, 1.82) is 0 Å². The van der Waals surface area contributed by atoms with Crippen LogP contribution in [0.3, 0.4) is 0 Å². The molecule has 0 aromatic heterocycles. The average molecular weight is 311 g/mol. The van der Waals surface area contributed by atoms with E-state index in [1.54, 1.807) is 24.3 Å². The SMILES string of the molecule is CC1CCCCC1(NC(=O)Nc1cccc(Cl)c1)C(=O)O. The Morgan fingerprint density at radius 3 is 2.76 bits per heavy atom. The average Bonchev–Trinajstić information content (AvgIpc) is 2.41. The van der Waals surface area contributed by atoms with Crippen molar-refractivity contribution in [2.45, 2.75) is 38.1 Å². The Kier molecular flexibility index (Phi) is 4.73. The molecule has 5 nitrogen and oxygen atoms in total. The van der Waals surface area contributed by atoms with Crippen molar-refractivity contribution in [1.82, 2.24) is 5.32 Å². The summed E-state index contributed by atoms with van der Waals surface area (Å²) in [5.41, 5.74) is -0.662. The van der Waals surface area contributed by atoms with Crippen LogP contribution in [0.15, 0.2) is 24.3 Å². The number of amides is 2. The van der Waals surface area contributed by atoms with Crippen LogP contribution in [-0.2, 0) is 4.79 Å². The fourth-order valence-corrected chi connectivity index (χ4v) is 3.03. The van der Waals surface area contributed by atoms with Gasteiger partial charge in [0.2, 0.25) is 0 Å². The number of urea groups is 1. The molecule has 21 heavy (non-hydrogen) atoms. The number of hydrogen-bond donors (Lipinski definition) is 3. The van der Waals surface area contributed by atoms with E-state index in [0.717, 1.165) is 19.3 Å². The molecule has 1 fully saturated rings. The summed E-state index contributed by atoms with van der Waals surface area (Å²) in [5, 5.41) is 15.4. The van der Waals surface area contributed by atoms with Crippen LogP contribution in [-0.4, -0.2) is 22.6 Å². The molecule has 3 N–H and O–H groups in total. The summed E-state index contributed by atoms with van der Waals surface area (Å²) in [5.74, 6) is -1.08. The third-order valence-corrected chi connectivity index (χ3v) is 4.34. The predicted molar refractivity (Wildman–Crippen MR) is 81.6 cm³/mol. The number of carboxylic acids is 1. The lowest BCUT2D eigenvalue weighted by molar-refractivity contribution is -0.148. The van der Waals surface area contributed by atoms with E-state index in [9.17, 15) is 14.7 Å². The van der Waals surface area contributed by atoms with Gasteiger partial charge in [-0.3, -0.25) is 0 Å². The molecule has 2 amide bonds. The number of halogens is 1. The highest BCUT2D eigenvalue weighted by Gasteiger charge is 2.46. The van der Waals surface area contributed by atoms with E-state index in [4.69, 9.17) is 11.6 Å². The molecule has 2 rings (SSSR count). The number of rotatable bonds is 3. The number of anilines is 1. The van der Waals surface area contributed by atoms with Gasteiger partial charge in [-0.15, -0.1) is 0 Å². The molecule has 114 valence electrons. The third-order valence-electron chi connectivity index (χ3n) is 4.10. The maximum absolute atomic E-state index is 12.1. The van der Waals surface area contributed by atoms with E-state index in [2.05, 4.69) is 10.6 Å². The van der Waals surface area contributed by atoms with Gasteiger partial charge in [-0.25, -0.2) is 9.59 Å². The fourth-order valence-electron chi connectivity index (χ4n) is 2.84. The Morgan fingerprint density at radius 2 is 2.14 bits per heavy atom. The lowest BCUT2D eigenvalue weighted by Gasteiger charge is -2.39. The van der Waals surface area contributed by atoms with Gasteiger partial charge in [0.15, 0.2) is 0 Å². The minimum atomic E-state index is -1.19. The lowest BCUT2D eigenvalue weighted by Crippen LogP contribution is -2.60. The van der Waals surface area contributed by atoms with Crippen LogP contribution in [0.4, 0.5) is 10.5 Å². The van der Waals surface area contributed by atoms with Crippen LogP contribution in [0.1, 0.15) is 32.6 Å². The number of aliphatic carboxylic acids is 1. The van der Waals surface area contributed by atoms with Gasteiger partial charge in [0, 0.05) is 10.7 Å². The summed E-state index contributed by atoms with van der Waals surface area (Å²) in [6.07, 6.45) is 3.04. The number of nitrogens with one attached hydrogen (secondary N) is 2. The van der Waals surface area contributed by atoms with Crippen LogP contribution in [0.5, 0.6) is 0 Å². The number of carboxylic acid groups (broad SMARTS) is 1. The van der Waals surface area contributed by atoms with Crippen LogP contribution >= 0.6 is 11.6 Å². The van der Waals surface area contributed by atoms with Crippen LogP contribution in [0.25, 0.3) is 0 Å². The molecule has 1 aliphatic carbocycles. The molecule has 2 unspecified atom stereocenters. The second-order valence-corrected chi connectivity index (χ2v) is 5.95. The first-order valence-corrected chi connectivity index (χ1v) is 7.40. The zero-order valence-corrected chi connectivity index (χ0v) is 12.6. The summed E-state index contributed by atoms with van der Waals surface area (Å²) in [6.45, 7) is 1.87. The van der Waals surface area contributed by atoms with Gasteiger partial charge >= 0.3 is 12.0 Å². The van der Waals surface area contributed by atoms with Crippen molar-refractivity contribution >= 4 is 29.3 Å². The summed E-state index contributed by atoms with van der Waals surface area (Å²) < 4.78 is 0. The first kappa shape index (κ1) is 15.6. The molecule has 0 saturated heterocycles. The highest BCUT2D eigenvalue weighted by molar-refractivity contribution is 6.30. The summed E-state index contributed by atoms with van der Waals surface area (Å²) >= 11 is 5.86. The van der Waals surface area contributed by atoms with E-state index in [-0.39, 0.29) is 5.92 Å². The summed E-state index contributed by atoms with van der Waals surface area (Å²) in [4.78, 5) is 23.8. The van der Waals surface area contributed by atoms with E-state index in [1.807, 2.05) is 6.92 Å². The number of carbonyl (C=O) groups is 2. The number of hydrogen-bond acceptors (Lipinski definition) is 2. The standard InChI is InChI=1S/C15H19ClN2O3/c1-10-5-2-3-8-15(10,13(19)20)18-14(21)17-12-7-4-6-11(16)9-12/h4,6-7,9-10H,2-3,5,8H2,1H3,(H,19,20)(H2,17,18,21). The molecule has 1 aliphatic rings. The Bertz CT molecular complexity index is 549. The summed E-state index contributed by atoms with van der Waals surface area (Å²) in [6, 6.07) is 6.21. The van der Waals surface area contributed by atoms with Gasteiger partial charge in [0.1, 0.15) is 5.54 Å². The second kappa shape index (κ2) is 6.35. The van der Waals surface area contributed by atoms with E-state index < -0.39 is 17.5 Å². The fraction of sp³-hybridized carbons (Fsp3) is 0.467.